The summed E-state index contributed by atoms with van der Waals surface area (Å²) >= 11 is 0. The van der Waals surface area contributed by atoms with Crippen molar-refractivity contribution in [3.63, 3.8) is 0 Å². The van der Waals surface area contributed by atoms with Crippen molar-refractivity contribution in [2.45, 2.75) is 32.7 Å². The molecule has 1 aliphatic rings. The number of primary amides is 1. The highest BCUT2D eigenvalue weighted by atomic mass is 16.5. The van der Waals surface area contributed by atoms with Crippen molar-refractivity contribution in [1.29, 1.82) is 0 Å². The molecule has 0 aromatic rings. The van der Waals surface area contributed by atoms with Gasteiger partial charge in [0.25, 0.3) is 5.91 Å². The Hall–Kier alpha value is -3.67. The number of allylic oxidation sites excluding steroid dienone is 4. The molecule has 0 saturated carbocycles. The topological polar surface area (TPSA) is 132 Å². The number of nitrogens with two attached hydrogens (primary N) is 2. The maximum absolute atomic E-state index is 12.2. The number of methoxy groups -OCH3 is 2. The smallest absolute Gasteiger partial charge is 0.255 e. The van der Waals surface area contributed by atoms with Crippen molar-refractivity contribution in [2.24, 2.45) is 16.5 Å². The molecule has 0 aromatic carbocycles. The summed E-state index contributed by atoms with van der Waals surface area (Å²) in [5.41, 5.74) is 11.7. The summed E-state index contributed by atoms with van der Waals surface area (Å²) in [6, 6.07) is -0.0951. The molecular formula is C23H33N5O4. The molecule has 0 spiro atoms. The van der Waals surface area contributed by atoms with Crippen LogP contribution in [0, 0.1) is 11.8 Å². The molecule has 174 valence electrons. The fourth-order valence-corrected chi connectivity index (χ4v) is 2.95. The van der Waals surface area contributed by atoms with Crippen LogP contribution in [0.5, 0.6) is 0 Å². The molecule has 1 saturated heterocycles. The van der Waals surface area contributed by atoms with Gasteiger partial charge in [-0.1, -0.05) is 12.5 Å². The van der Waals surface area contributed by atoms with Crippen LogP contribution >= 0.6 is 0 Å². The fraction of sp³-hybridized carbons (Fsp3) is 0.435. The van der Waals surface area contributed by atoms with Gasteiger partial charge in [0, 0.05) is 38.2 Å². The molecular weight excluding hydrogens is 410 g/mol. The number of nitrogens with one attached hydrogen (secondary N) is 1. The Bertz CT molecular complexity index is 890. The first-order valence-corrected chi connectivity index (χ1v) is 10.2. The van der Waals surface area contributed by atoms with Crippen LogP contribution in [0.3, 0.4) is 0 Å². The van der Waals surface area contributed by atoms with Crippen molar-refractivity contribution in [1.82, 2.24) is 10.2 Å². The molecule has 1 rings (SSSR count). The second-order valence-electron chi connectivity index (χ2n) is 6.87. The minimum absolute atomic E-state index is 0.0187. The number of amides is 2. The van der Waals surface area contributed by atoms with Crippen LogP contribution in [0.15, 0.2) is 52.6 Å². The van der Waals surface area contributed by atoms with E-state index < -0.39 is 5.91 Å². The number of nitrogens with zero attached hydrogens (tertiary/aromatic N) is 2. The third-order valence-corrected chi connectivity index (χ3v) is 4.62. The molecule has 1 fully saturated rings. The molecule has 0 bridgehead atoms. The molecule has 5 N–H and O–H groups in total. The van der Waals surface area contributed by atoms with Crippen LogP contribution < -0.4 is 16.8 Å². The van der Waals surface area contributed by atoms with E-state index in [0.29, 0.717) is 44.0 Å². The average Bonchev–Trinajstić information content (AvgIpc) is 3.23. The molecule has 9 nitrogen and oxygen atoms in total. The Kier molecular flexibility index (Phi) is 11.2. The number of aliphatic imine (C=N–C) groups is 1. The number of amidine groups is 1. The Morgan fingerprint density at radius 3 is 2.59 bits per heavy atom. The predicted molar refractivity (Wildman–Crippen MR) is 125 cm³/mol. The summed E-state index contributed by atoms with van der Waals surface area (Å²) in [5, 5.41) is 3.20. The number of hydrogen-bond donors (Lipinski definition) is 3. The van der Waals surface area contributed by atoms with Gasteiger partial charge in [-0.25, -0.2) is 0 Å². The van der Waals surface area contributed by atoms with E-state index in [-0.39, 0.29) is 29.1 Å². The second-order valence-corrected chi connectivity index (χ2v) is 6.87. The van der Waals surface area contributed by atoms with E-state index in [1.54, 1.807) is 38.2 Å². The molecule has 32 heavy (non-hydrogen) atoms. The third kappa shape index (κ3) is 8.22. The standard InChI is InChI=1S/C23H33N5O4/c1-6-20(29)28-13-12-17(15-28)27-23(26-7-2)21(22(25)30)19(24)11-9-8-10-18(32-5)14-16(3)31-4/h6,10,14,17H,1,7-8,12-13,15,24H2,2-5H3,(H2,25,30)(H,26,27)/b16-14+,18-10+,21-19?/t17-/m0/s1. The number of rotatable bonds is 9. The van der Waals surface area contributed by atoms with Gasteiger partial charge in [0.05, 0.1) is 25.7 Å². The zero-order valence-electron chi connectivity index (χ0n) is 19.2. The summed E-state index contributed by atoms with van der Waals surface area (Å²) in [6.45, 7) is 8.59. The first-order valence-electron chi connectivity index (χ1n) is 10.2. The van der Waals surface area contributed by atoms with E-state index in [4.69, 9.17) is 20.9 Å². The zero-order chi connectivity index (χ0) is 24.1. The van der Waals surface area contributed by atoms with Crippen molar-refractivity contribution >= 4 is 17.6 Å². The van der Waals surface area contributed by atoms with Gasteiger partial charge in [-0.3, -0.25) is 14.6 Å². The number of carbonyl (C=O) groups is 2. The Labute approximate surface area is 189 Å². The molecule has 0 aliphatic carbocycles. The molecule has 0 radical (unpaired) electrons. The van der Waals surface area contributed by atoms with Gasteiger partial charge in [-0.15, -0.1) is 0 Å². The van der Waals surface area contributed by atoms with Gasteiger partial charge in [0.15, 0.2) is 0 Å². The first-order chi connectivity index (χ1) is 15.3. The van der Waals surface area contributed by atoms with Crippen molar-refractivity contribution in [2.75, 3.05) is 33.9 Å². The minimum Gasteiger partial charge on any atom is -0.501 e. The molecule has 1 atom stereocenters. The van der Waals surface area contributed by atoms with Gasteiger partial charge < -0.3 is 31.2 Å². The third-order valence-electron chi connectivity index (χ3n) is 4.62. The highest BCUT2D eigenvalue weighted by molar-refractivity contribution is 6.21. The normalized spacial score (nSPS) is 17.7. The second kappa shape index (κ2) is 13.6. The van der Waals surface area contributed by atoms with Crippen LogP contribution in [0.4, 0.5) is 0 Å². The zero-order valence-corrected chi connectivity index (χ0v) is 19.2. The fourth-order valence-electron chi connectivity index (χ4n) is 2.95. The number of ether oxygens (including phenoxy) is 2. The molecule has 2 amide bonds. The van der Waals surface area contributed by atoms with Crippen LogP contribution in [0.25, 0.3) is 0 Å². The number of carbonyl (C=O) groups excluding carboxylic acids is 2. The first kappa shape index (κ1) is 26.4. The van der Waals surface area contributed by atoms with Crippen molar-refractivity contribution in [3.05, 3.63) is 47.6 Å². The van der Waals surface area contributed by atoms with Crippen molar-refractivity contribution < 1.29 is 19.1 Å². The Balaban J connectivity index is 3.06. The van der Waals surface area contributed by atoms with Crippen LogP contribution in [0.2, 0.25) is 0 Å². The lowest BCUT2D eigenvalue weighted by Crippen LogP contribution is -2.42. The Morgan fingerprint density at radius 1 is 1.31 bits per heavy atom. The average molecular weight is 444 g/mol. The summed E-state index contributed by atoms with van der Waals surface area (Å²) in [4.78, 5) is 30.0. The Morgan fingerprint density at radius 2 is 2.03 bits per heavy atom. The van der Waals surface area contributed by atoms with Gasteiger partial charge in [0.2, 0.25) is 5.91 Å². The maximum Gasteiger partial charge on any atom is 0.255 e. The molecule has 9 heteroatoms. The van der Waals surface area contributed by atoms with Gasteiger partial charge in [-0.05, 0) is 38.3 Å². The van der Waals surface area contributed by atoms with E-state index in [1.807, 2.05) is 6.92 Å². The number of likely N-dealkylation sites (tertiary alicyclic amines) is 1. The van der Waals surface area contributed by atoms with Crippen molar-refractivity contribution in [3.8, 4) is 11.8 Å². The number of hydrogen-bond acceptors (Lipinski definition) is 6. The lowest BCUT2D eigenvalue weighted by atomic mass is 10.1. The quantitative estimate of drug-likeness (QED) is 0.121. The largest absolute Gasteiger partial charge is 0.501 e. The SMILES string of the molecule is C=CC(=O)N1CC[C@H](NC(=NCC)C(C(N)=O)=C(N)C#CC/C=C(\C=C(/C)OC)OC)C1. The van der Waals surface area contributed by atoms with E-state index in [2.05, 4.69) is 28.7 Å². The summed E-state index contributed by atoms with van der Waals surface area (Å²) in [6.07, 6.45) is 5.79. The molecule has 1 aliphatic heterocycles. The van der Waals surface area contributed by atoms with E-state index in [1.165, 1.54) is 6.08 Å². The van der Waals surface area contributed by atoms with E-state index >= 15 is 0 Å². The molecule has 0 aromatic heterocycles. The lowest BCUT2D eigenvalue weighted by Gasteiger charge is -2.18. The molecule has 1 heterocycles. The minimum atomic E-state index is -0.736. The highest BCUT2D eigenvalue weighted by Crippen LogP contribution is 2.12. The van der Waals surface area contributed by atoms with Gasteiger partial charge >= 0.3 is 0 Å². The van der Waals surface area contributed by atoms with E-state index in [0.717, 1.165) is 0 Å². The summed E-state index contributed by atoms with van der Waals surface area (Å²) in [5.74, 6) is 6.32. The predicted octanol–water partition coefficient (Wildman–Crippen LogP) is 0.953. The molecule has 0 unspecified atom stereocenters. The lowest BCUT2D eigenvalue weighted by molar-refractivity contribution is -0.125. The van der Waals surface area contributed by atoms with Gasteiger partial charge in [-0.2, -0.15) is 0 Å². The van der Waals surface area contributed by atoms with Crippen LogP contribution in [-0.4, -0.2) is 62.4 Å². The highest BCUT2D eigenvalue weighted by Gasteiger charge is 2.27. The monoisotopic (exact) mass is 443 g/mol. The van der Waals surface area contributed by atoms with Crippen LogP contribution in [-0.2, 0) is 19.1 Å². The van der Waals surface area contributed by atoms with Crippen LogP contribution in [0.1, 0.15) is 26.7 Å². The summed E-state index contributed by atoms with van der Waals surface area (Å²) < 4.78 is 10.3. The van der Waals surface area contributed by atoms with E-state index in [9.17, 15) is 9.59 Å². The summed E-state index contributed by atoms with van der Waals surface area (Å²) in [7, 11) is 3.11. The maximum atomic E-state index is 12.2. The van der Waals surface area contributed by atoms with Gasteiger partial charge in [0.1, 0.15) is 17.2 Å².